The summed E-state index contributed by atoms with van der Waals surface area (Å²) in [6.07, 6.45) is 6.30. The Kier molecular flexibility index (Phi) is 3.72. The van der Waals surface area contributed by atoms with Crippen LogP contribution in [-0.2, 0) is 27.7 Å². The predicted molar refractivity (Wildman–Crippen MR) is 88.0 cm³/mol. The molecule has 6 heteroatoms. The largest absolute Gasteiger partial charge is 0.469 e. The first-order valence-corrected chi connectivity index (χ1v) is 9.75. The van der Waals surface area contributed by atoms with Crippen LogP contribution in [0.1, 0.15) is 42.1 Å². The van der Waals surface area contributed by atoms with Crippen molar-refractivity contribution in [1.82, 2.24) is 4.72 Å². The molecule has 5 nitrogen and oxygen atoms in total. The number of nitrogens with one attached hydrogen (secondary N) is 1. The molecule has 1 saturated carbocycles. The normalized spacial score (nSPS) is 22.7. The summed E-state index contributed by atoms with van der Waals surface area (Å²) in [6, 6.07) is 8.76. The third-order valence-corrected chi connectivity index (χ3v) is 6.25. The smallest absolute Gasteiger partial charge is 0.264 e. The van der Waals surface area contributed by atoms with Crippen molar-refractivity contribution >= 4 is 15.9 Å². The van der Waals surface area contributed by atoms with Gasteiger partial charge in [0.1, 0.15) is 5.76 Å². The van der Waals surface area contributed by atoms with E-state index in [1.54, 1.807) is 24.5 Å². The Labute approximate surface area is 141 Å². The van der Waals surface area contributed by atoms with Gasteiger partial charge in [-0.2, -0.15) is 0 Å². The first-order valence-electron chi connectivity index (χ1n) is 8.26. The molecule has 1 heterocycles. The number of benzene rings is 1. The lowest BCUT2D eigenvalue weighted by Gasteiger charge is -2.16. The van der Waals surface area contributed by atoms with Crippen LogP contribution in [0.25, 0.3) is 0 Å². The van der Waals surface area contributed by atoms with Gasteiger partial charge in [-0.05, 0) is 67.5 Å². The van der Waals surface area contributed by atoms with Crippen molar-refractivity contribution in [2.24, 2.45) is 5.92 Å². The van der Waals surface area contributed by atoms with Crippen molar-refractivity contribution in [3.8, 4) is 0 Å². The SMILES string of the molecule is O=C(NS(=O)(=O)c1ccc2c(c1)CCCC2)[C@H]1C[C@@H]1c1ccco1. The van der Waals surface area contributed by atoms with Crippen LogP contribution in [-0.4, -0.2) is 14.3 Å². The lowest BCUT2D eigenvalue weighted by molar-refractivity contribution is -0.120. The zero-order valence-electron chi connectivity index (χ0n) is 13.2. The Morgan fingerprint density at radius 3 is 2.67 bits per heavy atom. The molecule has 2 aliphatic carbocycles. The van der Waals surface area contributed by atoms with E-state index in [0.717, 1.165) is 37.0 Å². The molecule has 0 saturated heterocycles. The molecule has 2 aromatic rings. The van der Waals surface area contributed by atoms with Crippen molar-refractivity contribution in [3.05, 3.63) is 53.5 Å². The lowest BCUT2D eigenvalue weighted by Crippen LogP contribution is -2.32. The maximum Gasteiger partial charge on any atom is 0.264 e. The Morgan fingerprint density at radius 2 is 1.92 bits per heavy atom. The summed E-state index contributed by atoms with van der Waals surface area (Å²) >= 11 is 0. The summed E-state index contributed by atoms with van der Waals surface area (Å²) in [6.45, 7) is 0. The maximum atomic E-state index is 12.5. The van der Waals surface area contributed by atoms with Gasteiger partial charge < -0.3 is 4.42 Å². The van der Waals surface area contributed by atoms with Gasteiger partial charge in [0, 0.05) is 11.8 Å². The summed E-state index contributed by atoms with van der Waals surface area (Å²) < 4.78 is 32.5. The Hall–Kier alpha value is -2.08. The molecule has 1 aromatic carbocycles. The number of hydrogen-bond donors (Lipinski definition) is 1. The van der Waals surface area contributed by atoms with Crippen molar-refractivity contribution in [2.45, 2.75) is 42.9 Å². The number of rotatable bonds is 4. The van der Waals surface area contributed by atoms with E-state index in [-0.39, 0.29) is 16.7 Å². The summed E-state index contributed by atoms with van der Waals surface area (Å²) in [5, 5.41) is 0. The van der Waals surface area contributed by atoms with Crippen LogP contribution in [0.5, 0.6) is 0 Å². The molecule has 1 amide bonds. The van der Waals surface area contributed by atoms with Gasteiger partial charge in [0.15, 0.2) is 0 Å². The molecule has 1 aromatic heterocycles. The van der Waals surface area contributed by atoms with Gasteiger partial charge in [-0.1, -0.05) is 6.07 Å². The average Bonchev–Trinajstić information content (AvgIpc) is 3.20. The monoisotopic (exact) mass is 345 g/mol. The molecule has 2 atom stereocenters. The zero-order valence-corrected chi connectivity index (χ0v) is 14.0. The van der Waals surface area contributed by atoms with Crippen molar-refractivity contribution in [2.75, 3.05) is 0 Å². The molecular formula is C18H19NO4S. The molecule has 0 aliphatic heterocycles. The maximum absolute atomic E-state index is 12.5. The molecule has 0 spiro atoms. The molecule has 0 unspecified atom stereocenters. The topological polar surface area (TPSA) is 76.4 Å². The predicted octanol–water partition coefficient (Wildman–Crippen LogP) is 2.77. The average molecular weight is 345 g/mol. The van der Waals surface area contributed by atoms with Gasteiger partial charge in [-0.3, -0.25) is 4.79 Å². The highest BCUT2D eigenvalue weighted by atomic mass is 32.2. The van der Waals surface area contributed by atoms with Crippen LogP contribution in [0.4, 0.5) is 0 Å². The van der Waals surface area contributed by atoms with Crippen LogP contribution in [0.3, 0.4) is 0 Å². The highest BCUT2D eigenvalue weighted by Crippen LogP contribution is 2.47. The number of furan rings is 1. The second-order valence-corrected chi connectivity index (χ2v) is 8.25. The third-order valence-electron chi connectivity index (χ3n) is 4.90. The summed E-state index contributed by atoms with van der Waals surface area (Å²) in [5.74, 6) is -0.0577. The molecule has 0 bridgehead atoms. The number of aryl methyl sites for hydroxylation is 2. The van der Waals surface area contributed by atoms with E-state index in [4.69, 9.17) is 4.42 Å². The van der Waals surface area contributed by atoms with E-state index in [0.29, 0.717) is 6.42 Å². The van der Waals surface area contributed by atoms with Crippen LogP contribution in [0, 0.1) is 5.92 Å². The third kappa shape index (κ3) is 2.86. The Morgan fingerprint density at radius 1 is 1.12 bits per heavy atom. The van der Waals surface area contributed by atoms with Gasteiger partial charge in [0.25, 0.3) is 10.0 Å². The molecule has 1 N–H and O–H groups in total. The highest BCUT2D eigenvalue weighted by molar-refractivity contribution is 7.90. The van der Waals surface area contributed by atoms with Crippen molar-refractivity contribution in [1.29, 1.82) is 0 Å². The van der Waals surface area contributed by atoms with Crippen LogP contribution >= 0.6 is 0 Å². The van der Waals surface area contributed by atoms with Gasteiger partial charge in [-0.25, -0.2) is 13.1 Å². The number of fused-ring (bicyclic) bond motifs is 1. The van der Waals surface area contributed by atoms with Gasteiger partial charge in [-0.15, -0.1) is 0 Å². The first kappa shape index (κ1) is 15.4. The number of carbonyl (C=O) groups is 1. The van der Waals surface area contributed by atoms with E-state index < -0.39 is 15.9 Å². The number of sulfonamides is 1. The Balaban J connectivity index is 1.48. The van der Waals surface area contributed by atoms with E-state index in [1.807, 2.05) is 12.1 Å². The zero-order chi connectivity index (χ0) is 16.7. The highest BCUT2D eigenvalue weighted by Gasteiger charge is 2.47. The molecule has 4 rings (SSSR count). The van der Waals surface area contributed by atoms with Crippen LogP contribution in [0.2, 0.25) is 0 Å². The molecule has 2 aliphatic rings. The van der Waals surface area contributed by atoms with Gasteiger partial charge >= 0.3 is 0 Å². The second kappa shape index (κ2) is 5.77. The van der Waals surface area contributed by atoms with Gasteiger partial charge in [0.2, 0.25) is 5.91 Å². The first-order chi connectivity index (χ1) is 11.5. The summed E-state index contributed by atoms with van der Waals surface area (Å²) in [4.78, 5) is 12.4. The van der Waals surface area contributed by atoms with E-state index in [1.165, 1.54) is 5.56 Å². The van der Waals surface area contributed by atoms with E-state index >= 15 is 0 Å². The molecule has 126 valence electrons. The number of hydrogen-bond acceptors (Lipinski definition) is 4. The quantitative estimate of drug-likeness (QED) is 0.924. The van der Waals surface area contributed by atoms with Crippen LogP contribution in [0.15, 0.2) is 45.9 Å². The Bertz CT molecular complexity index is 870. The molecule has 0 radical (unpaired) electrons. The minimum Gasteiger partial charge on any atom is -0.469 e. The van der Waals surface area contributed by atoms with Gasteiger partial charge in [0.05, 0.1) is 11.2 Å². The molecule has 24 heavy (non-hydrogen) atoms. The fraction of sp³-hybridized carbons (Fsp3) is 0.389. The molecular weight excluding hydrogens is 326 g/mol. The minimum atomic E-state index is -3.82. The van der Waals surface area contributed by atoms with Crippen LogP contribution < -0.4 is 4.72 Å². The van der Waals surface area contributed by atoms with E-state index in [2.05, 4.69) is 4.72 Å². The lowest BCUT2D eigenvalue weighted by atomic mass is 9.92. The van der Waals surface area contributed by atoms with Crippen molar-refractivity contribution in [3.63, 3.8) is 0 Å². The fourth-order valence-corrected chi connectivity index (χ4v) is 4.52. The summed E-state index contributed by atoms with van der Waals surface area (Å²) in [7, 11) is -3.82. The minimum absolute atomic E-state index is 0.0151. The standard InChI is InChI=1S/C18H19NO4S/c20-18(16-11-15(16)17-6-3-9-23-17)19-24(21,22)14-8-7-12-4-1-2-5-13(12)10-14/h3,6-10,15-16H,1-2,4-5,11H2,(H,19,20)/t15-,16-/m0/s1. The fourth-order valence-electron chi connectivity index (χ4n) is 3.45. The summed E-state index contributed by atoms with van der Waals surface area (Å²) in [5.41, 5.74) is 2.29. The van der Waals surface area contributed by atoms with E-state index in [9.17, 15) is 13.2 Å². The number of amides is 1. The molecule has 1 fully saturated rings. The second-order valence-electron chi connectivity index (χ2n) is 6.57. The number of carbonyl (C=O) groups excluding carboxylic acids is 1. The van der Waals surface area contributed by atoms with Crippen molar-refractivity contribution < 1.29 is 17.6 Å².